The number of H-pyrrole nitrogens is 2. The number of imidazole rings is 1. The molecule has 0 radical (unpaired) electrons. The van der Waals surface area contributed by atoms with Crippen LogP contribution >= 0.6 is 0 Å². The molecule has 2 amide bonds. The van der Waals surface area contributed by atoms with Gasteiger partial charge < -0.3 is 31.1 Å². The SMILES string of the molecule is [2H]N[C@@H](Cc1cnc[nH]1)C(=O)N[C@@H](Cc1c[nH]c2ccccc12)C(=O)NC(C)C=O. The topological polar surface area (TPSA) is 146 Å². The average Bonchev–Trinajstić information content (AvgIpc) is 3.41. The fourth-order valence-corrected chi connectivity index (χ4v) is 3.07. The van der Waals surface area contributed by atoms with Crippen LogP contribution in [0.2, 0.25) is 1.41 Å². The van der Waals surface area contributed by atoms with Crippen molar-refractivity contribution in [2.45, 2.75) is 37.9 Å². The molecule has 9 heteroatoms. The zero-order valence-electron chi connectivity index (χ0n) is 16.9. The number of nitrogens with two attached hydrogens (primary N) is 1. The summed E-state index contributed by atoms with van der Waals surface area (Å²) >= 11 is 0. The van der Waals surface area contributed by atoms with E-state index in [0.29, 0.717) is 12.0 Å². The summed E-state index contributed by atoms with van der Waals surface area (Å²) in [6.07, 6.45) is 5.91. The molecule has 9 nitrogen and oxygen atoms in total. The van der Waals surface area contributed by atoms with E-state index < -0.39 is 29.9 Å². The minimum Gasteiger partial charge on any atom is -0.361 e. The maximum Gasteiger partial charge on any atom is 0.243 e. The number of fused-ring (bicyclic) bond motifs is 1. The van der Waals surface area contributed by atoms with Gasteiger partial charge in [-0.1, -0.05) is 18.2 Å². The van der Waals surface area contributed by atoms with Crippen molar-refractivity contribution >= 4 is 29.0 Å². The summed E-state index contributed by atoms with van der Waals surface area (Å²) in [5, 5.41) is 6.24. The highest BCUT2D eigenvalue weighted by Crippen LogP contribution is 2.19. The minimum atomic E-state index is -0.920. The second-order valence-electron chi connectivity index (χ2n) is 6.89. The van der Waals surface area contributed by atoms with Crippen molar-refractivity contribution in [3.8, 4) is 0 Å². The van der Waals surface area contributed by atoms with Crippen LogP contribution in [-0.4, -0.2) is 51.2 Å². The normalized spacial score (nSPS) is 14.6. The van der Waals surface area contributed by atoms with Crippen LogP contribution in [0.5, 0.6) is 0 Å². The molecule has 3 rings (SSSR count). The number of nitrogens with zero attached hydrogens (tertiary/aromatic N) is 1. The van der Waals surface area contributed by atoms with Crippen LogP contribution in [0.25, 0.3) is 10.9 Å². The smallest absolute Gasteiger partial charge is 0.243 e. The Kier molecular flexibility index (Phi) is 5.96. The third kappa shape index (κ3) is 5.08. The Morgan fingerprint density at radius 3 is 2.79 bits per heavy atom. The van der Waals surface area contributed by atoms with Crippen molar-refractivity contribution in [3.05, 3.63) is 54.2 Å². The predicted molar refractivity (Wildman–Crippen MR) is 108 cm³/mol. The molecule has 2 aromatic heterocycles. The van der Waals surface area contributed by atoms with E-state index in [1.54, 1.807) is 19.3 Å². The number of amides is 2. The van der Waals surface area contributed by atoms with Gasteiger partial charge in [-0.3, -0.25) is 9.59 Å². The number of carbonyl (C=O) groups excluding carboxylic acids is 3. The maximum atomic E-state index is 12.8. The standard InChI is InChI=1S/C20H24N6O3/c1-12(10-27)25-20(29)18(6-13-8-23-17-5-3-2-4-15(13)17)26-19(28)16(21)7-14-9-22-11-24-14/h2-5,8-12,16,18,23H,6-7,21H2,1H3,(H,22,24)(H,25,29)(H,26,28)/t12?,16-,18-/m0/s1/i/hD. The van der Waals surface area contributed by atoms with Gasteiger partial charge in [0.25, 0.3) is 0 Å². The highest BCUT2D eigenvalue weighted by Gasteiger charge is 2.26. The van der Waals surface area contributed by atoms with Gasteiger partial charge in [-0.2, -0.15) is 0 Å². The number of aromatic nitrogens is 3. The number of nitrogens with one attached hydrogen (secondary N) is 4. The molecule has 1 aromatic carbocycles. The first-order valence-electron chi connectivity index (χ1n) is 9.77. The quantitative estimate of drug-likeness (QED) is 0.310. The number of rotatable bonds is 10. The zero-order valence-corrected chi connectivity index (χ0v) is 15.9. The summed E-state index contributed by atoms with van der Waals surface area (Å²) in [5.41, 5.74) is 4.68. The number of hydrogen-bond acceptors (Lipinski definition) is 5. The Morgan fingerprint density at radius 2 is 2.07 bits per heavy atom. The lowest BCUT2D eigenvalue weighted by molar-refractivity contribution is -0.130. The van der Waals surface area contributed by atoms with Crippen molar-refractivity contribution in [2.75, 3.05) is 0 Å². The van der Waals surface area contributed by atoms with Crippen LogP contribution in [0.3, 0.4) is 0 Å². The summed E-state index contributed by atoms with van der Waals surface area (Å²) in [6, 6.07) is 5.16. The number of para-hydroxylation sites is 1. The van der Waals surface area contributed by atoms with E-state index in [2.05, 4.69) is 31.3 Å². The molecule has 0 aliphatic heterocycles. The molecular formula is C20H24N6O3. The molecule has 29 heavy (non-hydrogen) atoms. The molecule has 0 fully saturated rings. The molecular weight excluding hydrogens is 372 g/mol. The lowest BCUT2D eigenvalue weighted by atomic mass is 10.0. The molecule has 0 aliphatic carbocycles. The minimum absolute atomic E-state index is 0.210. The van der Waals surface area contributed by atoms with Gasteiger partial charge in [0, 0.05) is 41.8 Å². The lowest BCUT2D eigenvalue weighted by Crippen LogP contribution is -2.54. The van der Waals surface area contributed by atoms with E-state index in [1.165, 1.54) is 6.33 Å². The first-order valence-corrected chi connectivity index (χ1v) is 9.27. The second-order valence-corrected chi connectivity index (χ2v) is 6.89. The van der Waals surface area contributed by atoms with E-state index in [9.17, 15) is 14.4 Å². The van der Waals surface area contributed by atoms with Gasteiger partial charge in [0.1, 0.15) is 13.7 Å². The molecule has 1 unspecified atom stereocenters. The monoisotopic (exact) mass is 397 g/mol. The molecule has 0 bridgehead atoms. The van der Waals surface area contributed by atoms with Crippen molar-refractivity contribution in [2.24, 2.45) is 5.73 Å². The van der Waals surface area contributed by atoms with Gasteiger partial charge in [0.2, 0.25) is 11.8 Å². The van der Waals surface area contributed by atoms with Gasteiger partial charge >= 0.3 is 0 Å². The van der Waals surface area contributed by atoms with Crippen LogP contribution < -0.4 is 16.4 Å². The Morgan fingerprint density at radius 1 is 1.24 bits per heavy atom. The number of aldehydes is 1. The number of hydrogen-bond donors (Lipinski definition) is 5. The molecule has 6 N–H and O–H groups in total. The first-order chi connectivity index (χ1) is 14.5. The van der Waals surface area contributed by atoms with E-state index in [-0.39, 0.29) is 12.8 Å². The number of carbonyl (C=O) groups is 3. The molecule has 152 valence electrons. The predicted octanol–water partition coefficient (Wildman–Crippen LogP) is 0.192. The van der Waals surface area contributed by atoms with E-state index in [0.717, 1.165) is 16.5 Å². The van der Waals surface area contributed by atoms with E-state index in [1.807, 2.05) is 24.3 Å². The first kappa shape index (κ1) is 18.9. The van der Waals surface area contributed by atoms with Crippen molar-refractivity contribution in [3.63, 3.8) is 0 Å². The fourth-order valence-electron chi connectivity index (χ4n) is 3.07. The van der Waals surface area contributed by atoms with Crippen LogP contribution in [0.1, 0.15) is 18.2 Å². The third-order valence-corrected chi connectivity index (χ3v) is 4.60. The highest BCUT2D eigenvalue weighted by atomic mass is 16.2. The largest absolute Gasteiger partial charge is 0.361 e. The Bertz CT molecular complexity index is 1000. The van der Waals surface area contributed by atoms with Crippen LogP contribution in [-0.2, 0) is 27.2 Å². The molecule has 0 spiro atoms. The number of benzene rings is 1. The third-order valence-electron chi connectivity index (χ3n) is 4.60. The molecule has 0 saturated heterocycles. The van der Waals surface area contributed by atoms with E-state index in [4.69, 9.17) is 1.41 Å². The van der Waals surface area contributed by atoms with Gasteiger partial charge in [-0.05, 0) is 18.6 Å². The summed E-state index contributed by atoms with van der Waals surface area (Å²) in [5.74, 6) is -0.975. The molecule has 0 aliphatic rings. The Hall–Kier alpha value is -3.46. The van der Waals surface area contributed by atoms with Crippen molar-refractivity contribution < 1.29 is 15.8 Å². The Balaban J connectivity index is 1.78. The van der Waals surface area contributed by atoms with Crippen molar-refractivity contribution in [1.29, 1.82) is 0 Å². The summed E-state index contributed by atoms with van der Waals surface area (Å²) in [4.78, 5) is 46.4. The van der Waals surface area contributed by atoms with Crippen molar-refractivity contribution in [1.82, 2.24) is 25.6 Å². The van der Waals surface area contributed by atoms with Crippen LogP contribution in [0, 0.1) is 0 Å². The van der Waals surface area contributed by atoms with E-state index >= 15 is 0 Å². The summed E-state index contributed by atoms with van der Waals surface area (Å²) < 4.78 is 7.49. The second kappa shape index (κ2) is 9.16. The van der Waals surface area contributed by atoms with Crippen LogP contribution in [0.4, 0.5) is 0 Å². The van der Waals surface area contributed by atoms with Gasteiger partial charge in [0.05, 0.1) is 18.4 Å². The van der Waals surface area contributed by atoms with Crippen LogP contribution in [0.15, 0.2) is 43.0 Å². The van der Waals surface area contributed by atoms with Gasteiger partial charge in [0.15, 0.2) is 0 Å². The highest BCUT2D eigenvalue weighted by molar-refractivity contribution is 5.92. The molecule has 3 atom stereocenters. The molecule has 3 aromatic rings. The average molecular weight is 397 g/mol. The van der Waals surface area contributed by atoms with Gasteiger partial charge in [-0.25, -0.2) is 4.98 Å². The van der Waals surface area contributed by atoms with Gasteiger partial charge in [-0.15, -0.1) is 0 Å². The number of aromatic amines is 2. The zero-order chi connectivity index (χ0) is 21.5. The fraction of sp³-hybridized carbons (Fsp3) is 0.300. The summed E-state index contributed by atoms with van der Waals surface area (Å²) in [7, 11) is 0. The maximum absolute atomic E-state index is 12.8. The molecule has 0 saturated carbocycles. The summed E-state index contributed by atoms with van der Waals surface area (Å²) in [6.45, 7) is 1.56. The lowest BCUT2D eigenvalue weighted by Gasteiger charge is -2.21. The Labute approximate surface area is 168 Å². The molecule has 2 heterocycles.